The highest BCUT2D eigenvalue weighted by atomic mass is 14.8. The highest BCUT2D eigenvalue weighted by Crippen LogP contribution is 2.34. The van der Waals surface area contributed by atoms with Gasteiger partial charge in [0.2, 0.25) is 0 Å². The summed E-state index contributed by atoms with van der Waals surface area (Å²) in [6.07, 6.45) is 3.82. The fourth-order valence-electron chi connectivity index (χ4n) is 2.22. The van der Waals surface area contributed by atoms with Crippen molar-refractivity contribution in [3.05, 3.63) is 59.7 Å². The molecule has 18 heavy (non-hydrogen) atoms. The lowest BCUT2D eigenvalue weighted by Gasteiger charge is -2.08. The first kappa shape index (κ1) is 12.6. The average Bonchev–Trinajstić information content (AvgIpc) is 2.83. The third-order valence-corrected chi connectivity index (χ3v) is 3.30. The Kier molecular flexibility index (Phi) is 3.61. The molecule has 92 valence electrons. The van der Waals surface area contributed by atoms with Gasteiger partial charge in [0.15, 0.2) is 0 Å². The lowest BCUT2D eigenvalue weighted by Crippen LogP contribution is -1.92. The van der Waals surface area contributed by atoms with Crippen LogP contribution in [-0.2, 0) is 0 Å². The minimum Gasteiger partial charge on any atom is -0.257 e. The van der Waals surface area contributed by atoms with Crippen molar-refractivity contribution in [1.82, 2.24) is 0 Å². The fraction of sp³-hybridized carbons (Fsp3) is 0.235. The van der Waals surface area contributed by atoms with Gasteiger partial charge in [0.25, 0.3) is 0 Å². The monoisotopic (exact) mass is 237 g/mol. The second-order valence-corrected chi connectivity index (χ2v) is 4.61. The van der Waals surface area contributed by atoms with Crippen LogP contribution in [0.3, 0.4) is 0 Å². The van der Waals surface area contributed by atoms with Crippen LogP contribution < -0.4 is 0 Å². The maximum Gasteiger partial charge on any atom is 0.0745 e. The molecule has 0 fully saturated rings. The summed E-state index contributed by atoms with van der Waals surface area (Å²) >= 11 is 0. The van der Waals surface area contributed by atoms with E-state index in [0.717, 1.165) is 35.2 Å². The summed E-state index contributed by atoms with van der Waals surface area (Å²) < 4.78 is 0. The van der Waals surface area contributed by atoms with E-state index < -0.39 is 0 Å². The summed E-state index contributed by atoms with van der Waals surface area (Å²) in [5, 5.41) is 0. The fourth-order valence-corrected chi connectivity index (χ4v) is 2.22. The maximum atomic E-state index is 4.78. The molecule has 0 radical (unpaired) electrons. The molecule has 0 unspecified atom stereocenters. The Morgan fingerprint density at radius 3 is 2.72 bits per heavy atom. The van der Waals surface area contributed by atoms with Gasteiger partial charge in [0.05, 0.1) is 5.70 Å². The van der Waals surface area contributed by atoms with Crippen molar-refractivity contribution in [2.24, 2.45) is 4.99 Å². The summed E-state index contributed by atoms with van der Waals surface area (Å²) in [6, 6.07) is 8.26. The van der Waals surface area contributed by atoms with Gasteiger partial charge in [-0.15, -0.1) is 0 Å². The smallest absolute Gasteiger partial charge is 0.0745 e. The van der Waals surface area contributed by atoms with Gasteiger partial charge in [-0.1, -0.05) is 56.0 Å². The zero-order chi connectivity index (χ0) is 13.1. The first-order valence-electron chi connectivity index (χ1n) is 6.34. The molecule has 2 rings (SSSR count). The van der Waals surface area contributed by atoms with E-state index in [-0.39, 0.29) is 0 Å². The minimum absolute atomic E-state index is 0.937. The number of benzene rings is 1. The van der Waals surface area contributed by atoms with Crippen LogP contribution in [0.5, 0.6) is 0 Å². The Hall–Kier alpha value is -1.89. The summed E-state index contributed by atoms with van der Waals surface area (Å²) in [5.41, 5.74) is 6.98. The van der Waals surface area contributed by atoms with Crippen LogP contribution in [0.25, 0.3) is 11.8 Å². The van der Waals surface area contributed by atoms with Gasteiger partial charge in [0.1, 0.15) is 0 Å². The highest BCUT2D eigenvalue weighted by molar-refractivity contribution is 5.99. The van der Waals surface area contributed by atoms with E-state index in [4.69, 9.17) is 4.99 Å². The molecular formula is C17H19N. The van der Waals surface area contributed by atoms with E-state index in [1.165, 1.54) is 11.3 Å². The van der Waals surface area contributed by atoms with E-state index in [2.05, 4.69) is 39.1 Å². The summed E-state index contributed by atoms with van der Waals surface area (Å²) in [4.78, 5) is 4.78. The van der Waals surface area contributed by atoms with E-state index in [1.54, 1.807) is 0 Å². The summed E-state index contributed by atoms with van der Waals surface area (Å²) in [7, 11) is 0. The van der Waals surface area contributed by atoms with Crippen LogP contribution in [0.2, 0.25) is 0 Å². The van der Waals surface area contributed by atoms with Crippen molar-refractivity contribution >= 4 is 17.5 Å². The van der Waals surface area contributed by atoms with Crippen LogP contribution >= 0.6 is 0 Å². The van der Waals surface area contributed by atoms with Gasteiger partial charge < -0.3 is 0 Å². The standard InChI is InChI=1S/C17H19N/c1-5-13-9-7-8-10-15(13)17-16(12(3)4)11-14(6-2)18-17/h5,7-10H,1,3,6,11H2,2,4H3. The number of nitrogens with zero attached hydrogens (tertiary/aromatic N) is 1. The quantitative estimate of drug-likeness (QED) is 0.708. The molecule has 1 heteroatoms. The predicted molar refractivity (Wildman–Crippen MR) is 80.6 cm³/mol. The van der Waals surface area contributed by atoms with E-state index in [0.29, 0.717) is 0 Å². The Bertz CT molecular complexity index is 559. The molecule has 0 saturated carbocycles. The molecule has 1 aliphatic rings. The van der Waals surface area contributed by atoms with Gasteiger partial charge in [-0.05, 0) is 24.5 Å². The molecule has 0 bridgehead atoms. The van der Waals surface area contributed by atoms with Gasteiger partial charge in [0, 0.05) is 17.7 Å². The topological polar surface area (TPSA) is 12.4 Å². The predicted octanol–water partition coefficient (Wildman–Crippen LogP) is 4.87. The maximum absolute atomic E-state index is 4.78. The molecule has 0 spiro atoms. The average molecular weight is 237 g/mol. The second-order valence-electron chi connectivity index (χ2n) is 4.61. The van der Waals surface area contributed by atoms with Crippen LogP contribution in [0.1, 0.15) is 37.8 Å². The molecule has 0 aromatic heterocycles. The van der Waals surface area contributed by atoms with Crippen molar-refractivity contribution in [3.63, 3.8) is 0 Å². The van der Waals surface area contributed by atoms with Crippen molar-refractivity contribution < 1.29 is 0 Å². The normalized spacial score (nSPS) is 14.7. The van der Waals surface area contributed by atoms with Crippen molar-refractivity contribution in [3.8, 4) is 0 Å². The Morgan fingerprint density at radius 1 is 1.39 bits per heavy atom. The third-order valence-electron chi connectivity index (χ3n) is 3.30. The highest BCUT2D eigenvalue weighted by Gasteiger charge is 2.19. The van der Waals surface area contributed by atoms with Crippen LogP contribution in [-0.4, -0.2) is 5.71 Å². The minimum atomic E-state index is 0.937. The molecule has 1 nitrogen and oxygen atoms in total. The molecule has 1 aliphatic heterocycles. The molecule has 0 N–H and O–H groups in total. The van der Waals surface area contributed by atoms with Crippen LogP contribution in [0.4, 0.5) is 0 Å². The second kappa shape index (κ2) is 5.18. The van der Waals surface area contributed by atoms with Crippen LogP contribution in [0.15, 0.2) is 53.6 Å². The van der Waals surface area contributed by atoms with Gasteiger partial charge in [-0.2, -0.15) is 0 Å². The van der Waals surface area contributed by atoms with Crippen molar-refractivity contribution in [2.45, 2.75) is 26.7 Å². The lowest BCUT2D eigenvalue weighted by molar-refractivity contribution is 1.20. The summed E-state index contributed by atoms with van der Waals surface area (Å²) in [6.45, 7) is 12.2. The molecule has 1 aromatic rings. The summed E-state index contributed by atoms with van der Waals surface area (Å²) in [5.74, 6) is 0. The van der Waals surface area contributed by atoms with Crippen LogP contribution in [0, 0.1) is 0 Å². The Labute approximate surface area is 109 Å². The third kappa shape index (κ3) is 2.21. The van der Waals surface area contributed by atoms with E-state index >= 15 is 0 Å². The Morgan fingerprint density at radius 2 is 2.11 bits per heavy atom. The van der Waals surface area contributed by atoms with E-state index in [1.807, 2.05) is 18.2 Å². The number of rotatable bonds is 4. The molecular weight excluding hydrogens is 218 g/mol. The zero-order valence-electron chi connectivity index (χ0n) is 11.2. The zero-order valence-corrected chi connectivity index (χ0v) is 11.2. The molecule has 0 saturated heterocycles. The van der Waals surface area contributed by atoms with Gasteiger partial charge in [-0.25, -0.2) is 0 Å². The number of allylic oxidation sites excluding steroid dienone is 2. The molecule has 0 aliphatic carbocycles. The number of hydrogen-bond donors (Lipinski definition) is 0. The van der Waals surface area contributed by atoms with Gasteiger partial charge in [-0.3, -0.25) is 4.99 Å². The lowest BCUT2D eigenvalue weighted by atomic mass is 9.97. The van der Waals surface area contributed by atoms with Crippen molar-refractivity contribution in [1.29, 1.82) is 0 Å². The first-order chi connectivity index (χ1) is 8.67. The molecule has 0 atom stereocenters. The largest absolute Gasteiger partial charge is 0.257 e. The molecule has 1 aromatic carbocycles. The van der Waals surface area contributed by atoms with E-state index in [9.17, 15) is 0 Å². The van der Waals surface area contributed by atoms with Gasteiger partial charge >= 0.3 is 0 Å². The number of aliphatic imine (C=N–C) groups is 1. The molecule has 1 heterocycles. The first-order valence-corrected chi connectivity index (χ1v) is 6.34. The molecule has 0 amide bonds. The Balaban J connectivity index is 2.58. The number of hydrogen-bond acceptors (Lipinski definition) is 1. The van der Waals surface area contributed by atoms with Crippen molar-refractivity contribution in [2.75, 3.05) is 0 Å². The SMILES string of the molecule is C=Cc1ccccc1C1=C(C(=C)C)CC(CC)=N1.